The first kappa shape index (κ1) is 20.4. The van der Waals surface area contributed by atoms with Crippen LogP contribution in [0.2, 0.25) is 0 Å². The molecule has 1 aromatic heterocycles. The van der Waals surface area contributed by atoms with Gasteiger partial charge in [-0.05, 0) is 44.4 Å². The Balaban J connectivity index is 1.15. The Hall–Kier alpha value is -1.18. The Morgan fingerprint density at radius 1 is 1.16 bits per heavy atom. The second-order valence-corrected chi connectivity index (χ2v) is 12.6. The van der Waals surface area contributed by atoms with Crippen LogP contribution >= 0.6 is 11.3 Å². The second kappa shape index (κ2) is 7.42. The highest BCUT2D eigenvalue weighted by Crippen LogP contribution is 2.46. The Morgan fingerprint density at radius 2 is 1.87 bits per heavy atom. The van der Waals surface area contributed by atoms with E-state index in [-0.39, 0.29) is 5.41 Å². The van der Waals surface area contributed by atoms with E-state index >= 15 is 0 Å². The Bertz CT molecular complexity index is 838. The van der Waals surface area contributed by atoms with Crippen molar-refractivity contribution in [3.8, 4) is 0 Å². The van der Waals surface area contributed by atoms with Crippen LogP contribution in [-0.2, 0) is 21.5 Å². The van der Waals surface area contributed by atoms with Crippen LogP contribution in [0.4, 0.5) is 5.13 Å². The quantitative estimate of drug-likeness (QED) is 0.775. The summed E-state index contributed by atoms with van der Waals surface area (Å²) >= 11 is 1.85. The van der Waals surface area contributed by atoms with E-state index in [2.05, 4.69) is 29.0 Å². The highest BCUT2D eigenvalue weighted by atomic mass is 32.1. The number of nitrogens with one attached hydrogen (secondary N) is 1. The first-order valence-corrected chi connectivity index (χ1v) is 13.1. The summed E-state index contributed by atoms with van der Waals surface area (Å²) in [4.78, 5) is 24.5. The molecule has 2 unspecified atom stereocenters. The van der Waals surface area contributed by atoms with Crippen LogP contribution in [-0.4, -0.2) is 60.7 Å². The van der Waals surface area contributed by atoms with Gasteiger partial charge in [-0.2, -0.15) is 0 Å². The van der Waals surface area contributed by atoms with Crippen LogP contribution in [0.5, 0.6) is 0 Å². The molecule has 1 aromatic rings. The van der Waals surface area contributed by atoms with E-state index in [0.29, 0.717) is 29.3 Å². The number of fused-ring (bicyclic) bond motifs is 3. The third-order valence-electron chi connectivity index (χ3n) is 8.65. The Morgan fingerprint density at radius 3 is 2.52 bits per heavy atom. The van der Waals surface area contributed by atoms with E-state index in [1.165, 1.54) is 54.2 Å². The number of hydrogen-bond donors (Lipinski definition) is 1. The van der Waals surface area contributed by atoms with Gasteiger partial charge in [-0.15, -0.1) is 0 Å². The number of carbonyl (C=O) groups is 1. The summed E-state index contributed by atoms with van der Waals surface area (Å²) in [6.07, 6.45) is 8.12. The van der Waals surface area contributed by atoms with Crippen LogP contribution in [0.1, 0.15) is 69.4 Å². The predicted octanol–water partition coefficient (Wildman–Crippen LogP) is 3.30. The summed E-state index contributed by atoms with van der Waals surface area (Å²) in [6.45, 7) is 10.1. The maximum absolute atomic E-state index is 13.3. The molecule has 1 saturated carbocycles. The minimum Gasteiger partial charge on any atom is -0.380 e. The minimum absolute atomic E-state index is 0.0784. The van der Waals surface area contributed by atoms with Gasteiger partial charge in [0, 0.05) is 53.8 Å². The maximum atomic E-state index is 13.3. The first-order valence-electron chi connectivity index (χ1n) is 12.3. The summed E-state index contributed by atoms with van der Waals surface area (Å²) in [5.41, 5.74) is 1.62. The van der Waals surface area contributed by atoms with E-state index in [9.17, 15) is 4.79 Å². The number of nitrogens with zero attached hydrogens (tertiary/aromatic N) is 3. The van der Waals surface area contributed by atoms with Gasteiger partial charge in [0.15, 0.2) is 5.13 Å². The molecule has 1 spiro atoms. The summed E-state index contributed by atoms with van der Waals surface area (Å²) in [5, 5.41) is 4.77. The standard InChI is InChI=1S/C24H36N4O2S/c1-23(2)13-27(20(29)9-16-5-7-24(8-6-16)14-30-15-24)12-19-21(23)26-22(31-19)28-17-3-4-18(28)11-25-10-17/h16-18,25H,3-15H2,1-2H3. The molecule has 2 bridgehead atoms. The largest absolute Gasteiger partial charge is 0.380 e. The molecular weight excluding hydrogens is 408 g/mol. The molecular formula is C24H36N4O2S. The predicted molar refractivity (Wildman–Crippen MR) is 123 cm³/mol. The van der Waals surface area contributed by atoms with Crippen LogP contribution in [0.25, 0.3) is 0 Å². The highest BCUT2D eigenvalue weighted by molar-refractivity contribution is 7.15. The van der Waals surface area contributed by atoms with Gasteiger partial charge >= 0.3 is 0 Å². The lowest BCUT2D eigenvalue weighted by atomic mass is 9.68. The molecule has 6 rings (SSSR count). The molecule has 7 heteroatoms. The molecule has 4 fully saturated rings. The van der Waals surface area contributed by atoms with E-state index < -0.39 is 0 Å². The normalized spacial score (nSPS) is 31.5. The van der Waals surface area contributed by atoms with E-state index in [0.717, 1.165) is 45.8 Å². The summed E-state index contributed by atoms with van der Waals surface area (Å²) in [7, 11) is 0. The Labute approximate surface area is 189 Å². The van der Waals surface area contributed by atoms with Crippen molar-refractivity contribution in [3.05, 3.63) is 10.6 Å². The van der Waals surface area contributed by atoms with Gasteiger partial charge in [-0.3, -0.25) is 4.79 Å². The zero-order chi connectivity index (χ0) is 21.2. The van der Waals surface area contributed by atoms with Crippen LogP contribution in [0, 0.1) is 11.3 Å². The SMILES string of the molecule is CC1(C)CN(C(=O)CC2CCC3(CC2)COC3)Cc2sc(N3C4CCC3CNC4)nc21. The van der Waals surface area contributed by atoms with Crippen molar-refractivity contribution >= 4 is 22.4 Å². The number of carbonyl (C=O) groups excluding carboxylic acids is 1. The van der Waals surface area contributed by atoms with Crippen LogP contribution < -0.4 is 10.2 Å². The summed E-state index contributed by atoms with van der Waals surface area (Å²) in [6, 6.07) is 1.17. The fraction of sp³-hybridized carbons (Fsp3) is 0.833. The monoisotopic (exact) mass is 444 g/mol. The zero-order valence-electron chi connectivity index (χ0n) is 19.0. The molecule has 0 aromatic carbocycles. The maximum Gasteiger partial charge on any atom is 0.223 e. The fourth-order valence-corrected chi connectivity index (χ4v) is 8.08. The highest BCUT2D eigenvalue weighted by Gasteiger charge is 2.44. The number of ether oxygens (including phenoxy) is 1. The molecule has 6 nitrogen and oxygen atoms in total. The van der Waals surface area contributed by atoms with Crippen molar-refractivity contribution in [2.24, 2.45) is 11.3 Å². The number of hydrogen-bond acceptors (Lipinski definition) is 6. The van der Waals surface area contributed by atoms with Gasteiger partial charge in [0.25, 0.3) is 0 Å². The molecule has 1 aliphatic carbocycles. The van der Waals surface area contributed by atoms with Crippen molar-refractivity contribution in [3.63, 3.8) is 0 Å². The van der Waals surface area contributed by atoms with Gasteiger partial charge in [0.1, 0.15) is 0 Å². The molecule has 5 aliphatic rings. The summed E-state index contributed by atoms with van der Waals surface area (Å²) in [5.74, 6) is 0.901. The number of rotatable bonds is 3. The molecule has 31 heavy (non-hydrogen) atoms. The average Bonchev–Trinajstić information content (AvgIpc) is 3.25. The lowest BCUT2D eigenvalue weighted by Gasteiger charge is -2.46. The van der Waals surface area contributed by atoms with Gasteiger partial charge in [0.2, 0.25) is 5.91 Å². The molecule has 3 saturated heterocycles. The zero-order valence-corrected chi connectivity index (χ0v) is 19.8. The van der Waals surface area contributed by atoms with Crippen molar-refractivity contribution < 1.29 is 9.53 Å². The average molecular weight is 445 g/mol. The van der Waals surface area contributed by atoms with E-state index in [1.54, 1.807) is 0 Å². The number of amides is 1. The third kappa shape index (κ3) is 3.51. The molecule has 1 amide bonds. The molecule has 0 radical (unpaired) electrons. The van der Waals surface area contributed by atoms with Gasteiger partial charge in [-0.25, -0.2) is 4.98 Å². The third-order valence-corrected chi connectivity index (χ3v) is 9.70. The lowest BCUT2D eigenvalue weighted by Crippen LogP contribution is -2.52. The number of piperazine rings is 1. The molecule has 1 N–H and O–H groups in total. The van der Waals surface area contributed by atoms with E-state index in [4.69, 9.17) is 9.72 Å². The van der Waals surface area contributed by atoms with Crippen molar-refractivity contribution in [1.82, 2.24) is 15.2 Å². The first-order chi connectivity index (χ1) is 14.9. The number of anilines is 1. The molecule has 2 atom stereocenters. The van der Waals surface area contributed by atoms with E-state index in [1.807, 2.05) is 11.3 Å². The molecule has 5 heterocycles. The van der Waals surface area contributed by atoms with Gasteiger partial charge in [-0.1, -0.05) is 25.2 Å². The van der Waals surface area contributed by atoms with Gasteiger partial charge in [0.05, 0.1) is 25.5 Å². The van der Waals surface area contributed by atoms with Crippen LogP contribution in [0.3, 0.4) is 0 Å². The van der Waals surface area contributed by atoms with Crippen molar-refractivity contribution in [2.75, 3.05) is 37.7 Å². The topological polar surface area (TPSA) is 57.7 Å². The second-order valence-electron chi connectivity index (χ2n) is 11.5. The summed E-state index contributed by atoms with van der Waals surface area (Å²) < 4.78 is 5.46. The van der Waals surface area contributed by atoms with Gasteiger partial charge < -0.3 is 19.9 Å². The van der Waals surface area contributed by atoms with Crippen molar-refractivity contribution in [1.29, 1.82) is 0 Å². The fourth-order valence-electron chi connectivity index (χ4n) is 6.68. The Kier molecular flexibility index (Phi) is 4.89. The smallest absolute Gasteiger partial charge is 0.223 e. The molecule has 4 aliphatic heterocycles. The number of aromatic nitrogens is 1. The molecule has 170 valence electrons. The lowest BCUT2D eigenvalue weighted by molar-refractivity contribution is -0.143. The van der Waals surface area contributed by atoms with Crippen LogP contribution in [0.15, 0.2) is 0 Å². The minimum atomic E-state index is -0.0784. The number of thiazole rings is 1. The van der Waals surface area contributed by atoms with Crippen molar-refractivity contribution in [2.45, 2.75) is 82.8 Å².